The molecule has 1 aromatic carbocycles. The van der Waals surface area contributed by atoms with Crippen LogP contribution in [0.3, 0.4) is 0 Å². The van der Waals surface area contributed by atoms with Crippen LogP contribution in [0.2, 0.25) is 0 Å². The molecule has 0 bridgehead atoms. The molecule has 0 aliphatic heterocycles. The highest BCUT2D eigenvalue weighted by molar-refractivity contribution is 7.90. The first-order chi connectivity index (χ1) is 8.99. The fraction of sp³-hybridized carbons (Fsp3) is 0.286. The molecule has 102 valence electrons. The lowest BCUT2D eigenvalue weighted by molar-refractivity contribution is 0.602. The molecule has 19 heavy (non-hydrogen) atoms. The number of hydrogen-bond donors (Lipinski definition) is 1. The van der Waals surface area contributed by atoms with E-state index in [0.29, 0.717) is 4.90 Å². The van der Waals surface area contributed by atoms with E-state index in [9.17, 15) is 8.42 Å². The van der Waals surface area contributed by atoms with Crippen molar-refractivity contribution in [1.29, 1.82) is 0 Å². The number of sulfone groups is 1. The van der Waals surface area contributed by atoms with Crippen molar-refractivity contribution in [1.82, 2.24) is 4.57 Å². The molecule has 0 radical (unpaired) electrons. The summed E-state index contributed by atoms with van der Waals surface area (Å²) in [5, 5.41) is 3.27. The van der Waals surface area contributed by atoms with E-state index in [-0.39, 0.29) is 0 Å². The minimum Gasteiger partial charge on any atom is -0.381 e. The van der Waals surface area contributed by atoms with Gasteiger partial charge in [0.05, 0.1) is 4.90 Å². The maximum absolute atomic E-state index is 11.3. The Morgan fingerprint density at radius 1 is 1.16 bits per heavy atom. The van der Waals surface area contributed by atoms with Crippen LogP contribution < -0.4 is 5.32 Å². The van der Waals surface area contributed by atoms with Crippen molar-refractivity contribution >= 4 is 15.5 Å². The van der Waals surface area contributed by atoms with Crippen LogP contribution in [0, 0.1) is 0 Å². The van der Waals surface area contributed by atoms with Gasteiger partial charge < -0.3 is 9.88 Å². The first-order valence-corrected chi connectivity index (χ1v) is 8.07. The van der Waals surface area contributed by atoms with Crippen molar-refractivity contribution in [2.45, 2.75) is 24.9 Å². The van der Waals surface area contributed by atoms with E-state index in [2.05, 4.69) is 29.1 Å². The molecular weight excluding hydrogens is 260 g/mol. The van der Waals surface area contributed by atoms with Crippen LogP contribution in [-0.2, 0) is 22.9 Å². The van der Waals surface area contributed by atoms with Gasteiger partial charge >= 0.3 is 0 Å². The fourth-order valence-corrected chi connectivity index (χ4v) is 2.45. The van der Waals surface area contributed by atoms with Crippen LogP contribution in [0.5, 0.6) is 0 Å². The Labute approximate surface area is 114 Å². The third-order valence-electron chi connectivity index (χ3n) is 2.96. The number of nitrogens with zero attached hydrogens (tertiary/aromatic N) is 1. The second-order valence-corrected chi connectivity index (χ2v) is 6.52. The third-order valence-corrected chi connectivity index (χ3v) is 4.08. The summed E-state index contributed by atoms with van der Waals surface area (Å²) in [5.74, 6) is 0. The summed E-state index contributed by atoms with van der Waals surface area (Å²) in [5.41, 5.74) is 2.12. The number of benzene rings is 1. The number of nitrogens with one attached hydrogen (secondary N) is 1. The van der Waals surface area contributed by atoms with Gasteiger partial charge in [0.15, 0.2) is 9.84 Å². The molecule has 1 heterocycles. The van der Waals surface area contributed by atoms with Gasteiger partial charge in [0.2, 0.25) is 0 Å². The SMILES string of the molecule is CCn1ccc(CNc2ccc(S(C)(=O)=O)cc2)c1. The molecule has 1 aromatic heterocycles. The zero-order chi connectivity index (χ0) is 13.9. The fourth-order valence-electron chi connectivity index (χ4n) is 1.82. The molecule has 0 fully saturated rings. The van der Waals surface area contributed by atoms with Crippen molar-refractivity contribution in [3.05, 3.63) is 48.3 Å². The highest BCUT2D eigenvalue weighted by atomic mass is 32.2. The standard InChI is InChI=1S/C14H18N2O2S/c1-3-16-9-8-12(11-16)10-15-13-4-6-14(7-5-13)19(2,17)18/h4-9,11,15H,3,10H2,1-2H3. The molecule has 0 spiro atoms. The second-order valence-electron chi connectivity index (χ2n) is 4.50. The van der Waals surface area contributed by atoms with Gasteiger partial charge in [0, 0.05) is 37.4 Å². The smallest absolute Gasteiger partial charge is 0.175 e. The summed E-state index contributed by atoms with van der Waals surface area (Å²) in [6.45, 7) is 3.79. The van der Waals surface area contributed by atoms with E-state index in [4.69, 9.17) is 0 Å². The Bertz CT molecular complexity index is 642. The summed E-state index contributed by atoms with van der Waals surface area (Å²) in [7, 11) is -3.12. The Morgan fingerprint density at radius 2 is 1.84 bits per heavy atom. The first-order valence-electron chi connectivity index (χ1n) is 6.17. The van der Waals surface area contributed by atoms with Gasteiger partial charge in [0.25, 0.3) is 0 Å². The first kappa shape index (κ1) is 13.7. The lowest BCUT2D eigenvalue weighted by Crippen LogP contribution is -2.00. The summed E-state index contributed by atoms with van der Waals surface area (Å²) >= 11 is 0. The Morgan fingerprint density at radius 3 is 2.37 bits per heavy atom. The minimum atomic E-state index is -3.12. The topological polar surface area (TPSA) is 51.1 Å². The third kappa shape index (κ3) is 3.61. The molecule has 0 saturated carbocycles. The molecule has 0 amide bonds. The van der Waals surface area contributed by atoms with Crippen LogP contribution in [0.1, 0.15) is 12.5 Å². The highest BCUT2D eigenvalue weighted by Crippen LogP contribution is 2.14. The Kier molecular flexibility index (Phi) is 3.95. The van der Waals surface area contributed by atoms with Crippen molar-refractivity contribution < 1.29 is 8.42 Å². The molecule has 2 aromatic rings. The molecule has 1 N–H and O–H groups in total. The van der Waals surface area contributed by atoms with Crippen LogP contribution in [0.15, 0.2) is 47.6 Å². The number of aromatic nitrogens is 1. The number of anilines is 1. The van der Waals surface area contributed by atoms with Gasteiger partial charge in [-0.05, 0) is 42.8 Å². The minimum absolute atomic E-state index is 0.343. The summed E-state index contributed by atoms with van der Waals surface area (Å²) in [6, 6.07) is 8.88. The van der Waals surface area contributed by atoms with Crippen molar-refractivity contribution in [3.8, 4) is 0 Å². The zero-order valence-corrected chi connectivity index (χ0v) is 11.9. The van der Waals surface area contributed by atoms with E-state index in [1.165, 1.54) is 11.8 Å². The summed E-state index contributed by atoms with van der Waals surface area (Å²) in [6.07, 6.45) is 5.35. The lowest BCUT2D eigenvalue weighted by atomic mass is 10.3. The van der Waals surface area contributed by atoms with E-state index in [1.807, 2.05) is 6.20 Å². The number of hydrogen-bond acceptors (Lipinski definition) is 3. The quantitative estimate of drug-likeness (QED) is 0.914. The molecule has 0 atom stereocenters. The molecule has 5 heteroatoms. The molecule has 2 rings (SSSR count). The van der Waals surface area contributed by atoms with Crippen LogP contribution in [-0.4, -0.2) is 19.2 Å². The molecular formula is C14H18N2O2S. The van der Waals surface area contributed by atoms with E-state index >= 15 is 0 Å². The van der Waals surface area contributed by atoms with Gasteiger partial charge in [-0.2, -0.15) is 0 Å². The predicted octanol–water partition coefficient (Wildman–Crippen LogP) is 2.52. The van der Waals surface area contributed by atoms with Crippen molar-refractivity contribution in [3.63, 3.8) is 0 Å². The zero-order valence-electron chi connectivity index (χ0n) is 11.1. The number of rotatable bonds is 5. The molecule has 0 saturated heterocycles. The predicted molar refractivity (Wildman–Crippen MR) is 77.0 cm³/mol. The Balaban J connectivity index is 2.00. The summed E-state index contributed by atoms with van der Waals surface area (Å²) in [4.78, 5) is 0.343. The average Bonchev–Trinajstić information content (AvgIpc) is 2.84. The monoisotopic (exact) mass is 278 g/mol. The van der Waals surface area contributed by atoms with E-state index < -0.39 is 9.84 Å². The van der Waals surface area contributed by atoms with Gasteiger partial charge in [-0.25, -0.2) is 8.42 Å². The van der Waals surface area contributed by atoms with Crippen molar-refractivity contribution in [2.24, 2.45) is 0 Å². The van der Waals surface area contributed by atoms with Gasteiger partial charge in [-0.15, -0.1) is 0 Å². The summed E-state index contributed by atoms with van der Waals surface area (Å²) < 4.78 is 24.8. The van der Waals surface area contributed by atoms with E-state index in [0.717, 1.165) is 18.8 Å². The van der Waals surface area contributed by atoms with Crippen LogP contribution >= 0.6 is 0 Å². The van der Waals surface area contributed by atoms with Crippen LogP contribution in [0.25, 0.3) is 0 Å². The largest absolute Gasteiger partial charge is 0.381 e. The lowest BCUT2D eigenvalue weighted by Gasteiger charge is -2.06. The van der Waals surface area contributed by atoms with Gasteiger partial charge in [-0.1, -0.05) is 0 Å². The maximum atomic E-state index is 11.3. The Hall–Kier alpha value is -1.75. The molecule has 0 aliphatic rings. The van der Waals surface area contributed by atoms with Gasteiger partial charge in [0.1, 0.15) is 0 Å². The number of aryl methyl sites for hydroxylation is 1. The highest BCUT2D eigenvalue weighted by Gasteiger charge is 2.05. The molecule has 0 unspecified atom stereocenters. The van der Waals surface area contributed by atoms with E-state index in [1.54, 1.807) is 24.3 Å². The second kappa shape index (κ2) is 5.48. The maximum Gasteiger partial charge on any atom is 0.175 e. The van der Waals surface area contributed by atoms with Gasteiger partial charge in [-0.3, -0.25) is 0 Å². The average molecular weight is 278 g/mol. The van der Waals surface area contributed by atoms with Crippen molar-refractivity contribution in [2.75, 3.05) is 11.6 Å². The molecule has 0 aliphatic carbocycles. The normalized spacial score (nSPS) is 11.5. The molecule has 4 nitrogen and oxygen atoms in total. The van der Waals surface area contributed by atoms with Crippen LogP contribution in [0.4, 0.5) is 5.69 Å².